The van der Waals surface area contributed by atoms with Gasteiger partial charge in [0.05, 0.1) is 18.1 Å². The van der Waals surface area contributed by atoms with Crippen molar-refractivity contribution >= 4 is 23.9 Å². The lowest BCUT2D eigenvalue weighted by atomic mass is 9.85. The van der Waals surface area contributed by atoms with Gasteiger partial charge in [0.15, 0.2) is 5.88 Å². The Hall–Kier alpha value is -2.37. The van der Waals surface area contributed by atoms with Crippen LogP contribution in [0.5, 0.6) is 0 Å². The molecule has 1 aromatic rings. The third-order valence-electron chi connectivity index (χ3n) is 4.80. The number of hydrazone groups is 1. The summed E-state index contributed by atoms with van der Waals surface area (Å²) in [5.41, 5.74) is 0. The van der Waals surface area contributed by atoms with E-state index in [-0.39, 0.29) is 35.5 Å². The number of nitrogens with zero attached hydrogens (tertiary/aromatic N) is 3. The molecule has 2 bridgehead atoms. The molecule has 6 nitrogen and oxygen atoms in total. The number of fused-ring (bicyclic) bond motifs is 5. The van der Waals surface area contributed by atoms with Crippen LogP contribution in [0.3, 0.4) is 0 Å². The molecule has 22 heavy (non-hydrogen) atoms. The van der Waals surface area contributed by atoms with E-state index in [0.29, 0.717) is 11.6 Å². The number of carbonyl (C=O) groups excluding carboxylic acids is 2. The number of furan rings is 1. The summed E-state index contributed by atoms with van der Waals surface area (Å²) in [5.74, 6) is 0.834. The van der Waals surface area contributed by atoms with E-state index >= 15 is 0 Å². The van der Waals surface area contributed by atoms with E-state index in [2.05, 4.69) is 17.3 Å². The highest BCUT2D eigenvalue weighted by atomic mass is 16.4. The van der Waals surface area contributed by atoms with Crippen LogP contribution in [0.1, 0.15) is 12.2 Å². The average Bonchev–Trinajstić information content (AvgIpc) is 3.23. The summed E-state index contributed by atoms with van der Waals surface area (Å²) in [6.45, 7) is 0. The number of hydrogen-bond donors (Lipinski definition) is 0. The SMILES string of the molecule is CN(C)c1ccc(C=NN2C(=O)C3C4C=CC(C4)C3C2=O)o1. The van der Waals surface area contributed by atoms with E-state index in [1.165, 1.54) is 6.21 Å². The molecule has 0 spiro atoms. The van der Waals surface area contributed by atoms with Crippen LogP contribution >= 0.6 is 0 Å². The van der Waals surface area contributed by atoms with E-state index in [0.717, 1.165) is 11.4 Å². The lowest BCUT2D eigenvalue weighted by Crippen LogP contribution is -2.28. The van der Waals surface area contributed by atoms with E-state index < -0.39 is 0 Å². The van der Waals surface area contributed by atoms with Gasteiger partial charge in [0.1, 0.15) is 5.76 Å². The average molecular weight is 299 g/mol. The standard InChI is InChI=1S/C16H17N3O3/c1-18(2)12-6-5-11(22-12)8-17-19-15(20)13-9-3-4-10(7-9)14(13)16(19)21/h3-6,8-10,13-14H,7H2,1-2H3. The van der Waals surface area contributed by atoms with E-state index in [1.54, 1.807) is 6.07 Å². The Kier molecular flexibility index (Phi) is 2.76. The quantitative estimate of drug-likeness (QED) is 0.482. The lowest BCUT2D eigenvalue weighted by molar-refractivity contribution is -0.140. The van der Waals surface area contributed by atoms with Crippen molar-refractivity contribution in [1.82, 2.24) is 5.01 Å². The first kappa shape index (κ1) is 13.3. The maximum absolute atomic E-state index is 12.4. The summed E-state index contributed by atoms with van der Waals surface area (Å²) >= 11 is 0. The van der Waals surface area contributed by atoms with Gasteiger partial charge in [-0.1, -0.05) is 12.2 Å². The number of allylic oxidation sites excluding steroid dienone is 2. The summed E-state index contributed by atoms with van der Waals surface area (Å²) in [4.78, 5) is 26.7. The summed E-state index contributed by atoms with van der Waals surface area (Å²) in [6.07, 6.45) is 6.49. The molecule has 4 atom stereocenters. The molecule has 2 heterocycles. The van der Waals surface area contributed by atoms with Crippen molar-refractivity contribution in [3.8, 4) is 0 Å². The molecule has 4 rings (SSSR count). The second-order valence-electron chi connectivity index (χ2n) is 6.30. The minimum absolute atomic E-state index is 0.178. The monoisotopic (exact) mass is 299 g/mol. The minimum Gasteiger partial charge on any atom is -0.440 e. The topological polar surface area (TPSA) is 66.1 Å². The fourth-order valence-electron chi connectivity index (χ4n) is 3.77. The van der Waals surface area contributed by atoms with Gasteiger partial charge >= 0.3 is 0 Å². The van der Waals surface area contributed by atoms with Gasteiger partial charge in [0.2, 0.25) is 0 Å². The van der Waals surface area contributed by atoms with E-state index in [9.17, 15) is 9.59 Å². The van der Waals surface area contributed by atoms with Crippen LogP contribution in [-0.2, 0) is 9.59 Å². The molecular weight excluding hydrogens is 282 g/mol. The molecule has 1 aliphatic heterocycles. The molecule has 1 saturated heterocycles. The van der Waals surface area contributed by atoms with Crippen LogP contribution in [-0.4, -0.2) is 37.1 Å². The maximum atomic E-state index is 12.4. The van der Waals surface area contributed by atoms with Gasteiger partial charge in [0.25, 0.3) is 11.8 Å². The second-order valence-corrected chi connectivity index (χ2v) is 6.30. The molecule has 2 aliphatic carbocycles. The van der Waals surface area contributed by atoms with E-state index in [1.807, 2.05) is 25.1 Å². The highest BCUT2D eigenvalue weighted by Gasteiger charge is 2.59. The summed E-state index contributed by atoms with van der Waals surface area (Å²) in [5, 5.41) is 5.10. The molecule has 1 aromatic heterocycles. The predicted molar refractivity (Wildman–Crippen MR) is 80.2 cm³/mol. The molecule has 6 heteroatoms. The van der Waals surface area contributed by atoms with E-state index in [4.69, 9.17) is 4.42 Å². The van der Waals surface area contributed by atoms with Crippen molar-refractivity contribution in [3.05, 3.63) is 30.0 Å². The number of rotatable bonds is 3. The van der Waals surface area contributed by atoms with Crippen molar-refractivity contribution in [2.45, 2.75) is 6.42 Å². The Morgan fingerprint density at radius 2 is 1.82 bits per heavy atom. The summed E-state index contributed by atoms with van der Waals surface area (Å²) < 4.78 is 5.54. The van der Waals surface area contributed by atoms with Crippen LogP contribution in [0.2, 0.25) is 0 Å². The highest BCUT2D eigenvalue weighted by molar-refractivity contribution is 6.06. The van der Waals surface area contributed by atoms with Crippen LogP contribution in [0.25, 0.3) is 0 Å². The third kappa shape index (κ3) is 1.76. The van der Waals surface area contributed by atoms with Crippen LogP contribution in [0, 0.1) is 23.7 Å². The number of amides is 2. The minimum atomic E-state index is -0.214. The first-order chi connectivity index (χ1) is 10.6. The van der Waals surface area contributed by atoms with Gasteiger partial charge in [-0.05, 0) is 24.3 Å². The molecule has 0 radical (unpaired) electrons. The molecule has 0 aromatic carbocycles. The van der Waals surface area contributed by atoms with Gasteiger partial charge in [-0.25, -0.2) is 0 Å². The predicted octanol–water partition coefficient (Wildman–Crippen LogP) is 1.49. The first-order valence-corrected chi connectivity index (χ1v) is 7.43. The molecule has 3 aliphatic rings. The van der Waals surface area contributed by atoms with Crippen LogP contribution in [0.4, 0.5) is 5.88 Å². The maximum Gasteiger partial charge on any atom is 0.254 e. The number of imide groups is 1. The van der Waals surface area contributed by atoms with Gasteiger partial charge in [-0.2, -0.15) is 10.1 Å². The summed E-state index contributed by atoms with van der Waals surface area (Å²) in [6, 6.07) is 3.57. The Morgan fingerprint density at radius 1 is 1.18 bits per heavy atom. The molecular formula is C16H17N3O3. The number of anilines is 1. The molecule has 0 N–H and O–H groups in total. The fraction of sp³-hybridized carbons (Fsp3) is 0.438. The van der Waals surface area contributed by atoms with Crippen molar-refractivity contribution in [1.29, 1.82) is 0 Å². The van der Waals surface area contributed by atoms with Crippen LogP contribution in [0.15, 0.2) is 33.8 Å². The van der Waals surface area contributed by atoms with Gasteiger partial charge < -0.3 is 9.32 Å². The summed E-state index contributed by atoms with van der Waals surface area (Å²) in [7, 11) is 3.74. The zero-order chi connectivity index (χ0) is 15.4. The van der Waals surface area contributed by atoms with Gasteiger partial charge in [0, 0.05) is 20.2 Å². The third-order valence-corrected chi connectivity index (χ3v) is 4.80. The van der Waals surface area contributed by atoms with Crippen molar-refractivity contribution in [3.63, 3.8) is 0 Å². The largest absolute Gasteiger partial charge is 0.440 e. The van der Waals surface area contributed by atoms with Crippen molar-refractivity contribution in [2.75, 3.05) is 19.0 Å². The fourth-order valence-corrected chi connectivity index (χ4v) is 3.77. The smallest absolute Gasteiger partial charge is 0.254 e. The first-order valence-electron chi connectivity index (χ1n) is 7.43. The molecule has 114 valence electrons. The Balaban J connectivity index is 1.55. The Morgan fingerprint density at radius 3 is 2.36 bits per heavy atom. The van der Waals surface area contributed by atoms with Gasteiger partial charge in [-0.3, -0.25) is 9.59 Å². The zero-order valence-electron chi connectivity index (χ0n) is 12.5. The van der Waals surface area contributed by atoms with Crippen LogP contribution < -0.4 is 4.90 Å². The molecule has 2 amide bonds. The normalized spacial score (nSPS) is 32.5. The Labute approximate surface area is 128 Å². The zero-order valence-corrected chi connectivity index (χ0v) is 12.5. The molecule has 1 saturated carbocycles. The Bertz CT molecular complexity index is 673. The molecule has 2 fully saturated rings. The second kappa shape index (κ2) is 4.56. The van der Waals surface area contributed by atoms with Crippen molar-refractivity contribution < 1.29 is 14.0 Å². The number of hydrogen-bond acceptors (Lipinski definition) is 5. The number of carbonyl (C=O) groups is 2. The highest BCUT2D eigenvalue weighted by Crippen LogP contribution is 2.52. The van der Waals surface area contributed by atoms with Crippen molar-refractivity contribution in [2.24, 2.45) is 28.8 Å². The lowest BCUT2D eigenvalue weighted by Gasteiger charge is -2.13. The van der Waals surface area contributed by atoms with Gasteiger partial charge in [-0.15, -0.1) is 0 Å². The molecule has 4 unspecified atom stereocenters.